The van der Waals surface area contributed by atoms with Gasteiger partial charge < -0.3 is 15.2 Å². The molecule has 1 amide bonds. The van der Waals surface area contributed by atoms with E-state index >= 15 is 0 Å². The number of carbonyl (C=O) groups excluding carboxylic acids is 1. The number of anilines is 1. The smallest absolute Gasteiger partial charge is 0.278 e. The molecule has 2 aromatic carbocycles. The summed E-state index contributed by atoms with van der Waals surface area (Å²) in [5.41, 5.74) is 1.66. The van der Waals surface area contributed by atoms with Gasteiger partial charge >= 0.3 is 0 Å². The molecule has 1 aliphatic rings. The summed E-state index contributed by atoms with van der Waals surface area (Å²) in [6, 6.07) is 12.8. The van der Waals surface area contributed by atoms with Crippen molar-refractivity contribution in [1.29, 1.82) is 5.26 Å². The minimum absolute atomic E-state index is 0. The van der Waals surface area contributed by atoms with Gasteiger partial charge in [0, 0.05) is 32.1 Å². The SMILES string of the molecule is C[C@H](Nc1nc2c(c(=O)n1N(C)C)CN(C(=O)c1ccc(C#N)cc1F)CC2)c1ccc(Cl)cc1.Cl. The molecule has 4 rings (SSSR count). The van der Waals surface area contributed by atoms with E-state index < -0.39 is 11.7 Å². The Morgan fingerprint density at radius 1 is 1.25 bits per heavy atom. The second-order valence-electron chi connectivity index (χ2n) is 8.53. The minimum Gasteiger partial charge on any atom is -0.348 e. The number of nitrogens with zero attached hydrogens (tertiary/aromatic N) is 5. The Kier molecular flexibility index (Phi) is 8.23. The van der Waals surface area contributed by atoms with Crippen molar-refractivity contribution in [3.05, 3.63) is 91.6 Å². The van der Waals surface area contributed by atoms with E-state index in [1.54, 1.807) is 31.2 Å². The van der Waals surface area contributed by atoms with Crippen LogP contribution < -0.4 is 15.9 Å². The lowest BCUT2D eigenvalue weighted by Gasteiger charge is -2.31. The summed E-state index contributed by atoms with van der Waals surface area (Å²) in [5, 5.41) is 14.5. The standard InChI is InChI=1S/C25H24ClFN6O2.ClH/c1-15(17-5-7-18(26)8-6-17)29-25-30-22-10-11-32(14-20(22)24(35)33(25)31(2)3)23(34)19-9-4-16(13-28)12-21(19)27;/h4-9,12,15H,10-11,14H2,1-3H3,(H,29,30);1H/t15-;/m0./s1. The lowest BCUT2D eigenvalue weighted by atomic mass is 10.0. The maximum atomic E-state index is 14.4. The number of carbonyl (C=O) groups is 1. The fourth-order valence-corrected chi connectivity index (χ4v) is 4.19. The van der Waals surface area contributed by atoms with E-state index in [0.29, 0.717) is 28.6 Å². The average Bonchev–Trinajstić information content (AvgIpc) is 2.83. The molecule has 1 atom stereocenters. The number of fused-ring (bicyclic) bond motifs is 1. The van der Waals surface area contributed by atoms with Gasteiger partial charge in [0.15, 0.2) is 0 Å². The van der Waals surface area contributed by atoms with E-state index in [1.807, 2.05) is 25.1 Å². The largest absolute Gasteiger partial charge is 0.348 e. The summed E-state index contributed by atoms with van der Waals surface area (Å²) in [6.07, 6.45) is 0.354. The lowest BCUT2D eigenvalue weighted by molar-refractivity contribution is 0.0727. The van der Waals surface area contributed by atoms with Gasteiger partial charge in [-0.25, -0.2) is 9.37 Å². The Bertz CT molecular complexity index is 1390. The van der Waals surface area contributed by atoms with Crippen LogP contribution in [0.5, 0.6) is 0 Å². The fourth-order valence-electron chi connectivity index (χ4n) is 4.06. The van der Waals surface area contributed by atoms with Gasteiger partial charge in [-0.1, -0.05) is 23.7 Å². The molecule has 0 aliphatic carbocycles. The lowest BCUT2D eigenvalue weighted by Crippen LogP contribution is -2.45. The van der Waals surface area contributed by atoms with E-state index in [2.05, 4.69) is 5.32 Å². The topological polar surface area (TPSA) is 94.3 Å². The van der Waals surface area contributed by atoms with Crippen molar-refractivity contribution in [1.82, 2.24) is 14.6 Å². The Morgan fingerprint density at radius 2 is 1.94 bits per heavy atom. The molecule has 0 saturated carbocycles. The van der Waals surface area contributed by atoms with Crippen molar-refractivity contribution < 1.29 is 9.18 Å². The molecule has 8 nitrogen and oxygen atoms in total. The summed E-state index contributed by atoms with van der Waals surface area (Å²) in [4.78, 5) is 32.6. The number of aromatic nitrogens is 2. The van der Waals surface area contributed by atoms with Crippen LogP contribution in [0.3, 0.4) is 0 Å². The molecule has 36 heavy (non-hydrogen) atoms. The Morgan fingerprint density at radius 3 is 2.56 bits per heavy atom. The second-order valence-corrected chi connectivity index (χ2v) is 8.96. The van der Waals surface area contributed by atoms with Crippen LogP contribution in [0.1, 0.15) is 45.7 Å². The fraction of sp³-hybridized carbons (Fsp3) is 0.280. The van der Waals surface area contributed by atoms with Crippen molar-refractivity contribution in [3.63, 3.8) is 0 Å². The van der Waals surface area contributed by atoms with Gasteiger partial charge in [-0.2, -0.15) is 9.94 Å². The van der Waals surface area contributed by atoms with Crippen molar-refractivity contribution in [3.8, 4) is 6.07 Å². The molecule has 0 unspecified atom stereocenters. The predicted octanol–water partition coefficient (Wildman–Crippen LogP) is 3.90. The first kappa shape index (κ1) is 27.0. The van der Waals surface area contributed by atoms with Crippen molar-refractivity contribution in [2.75, 3.05) is 31.0 Å². The molecular formula is C25H25Cl2FN6O2. The van der Waals surface area contributed by atoms with Gasteiger partial charge in [0.05, 0.1) is 41.0 Å². The van der Waals surface area contributed by atoms with E-state index in [1.165, 1.54) is 21.7 Å². The molecule has 0 fully saturated rings. The molecule has 0 bridgehead atoms. The number of halogens is 3. The van der Waals surface area contributed by atoms with Gasteiger partial charge in [0.25, 0.3) is 11.5 Å². The third-order valence-corrected chi connectivity index (χ3v) is 6.19. The third-order valence-electron chi connectivity index (χ3n) is 5.94. The van der Waals surface area contributed by atoms with Crippen LogP contribution in [0.2, 0.25) is 5.02 Å². The van der Waals surface area contributed by atoms with Crippen molar-refractivity contribution in [2.24, 2.45) is 0 Å². The van der Waals surface area contributed by atoms with E-state index in [0.717, 1.165) is 11.6 Å². The summed E-state index contributed by atoms with van der Waals surface area (Å²) >= 11 is 5.99. The van der Waals surface area contributed by atoms with Crippen LogP contribution in [0, 0.1) is 17.1 Å². The Labute approximate surface area is 219 Å². The first-order chi connectivity index (χ1) is 16.7. The molecule has 1 N–H and O–H groups in total. The Balaban J connectivity index is 0.00000361. The van der Waals surface area contributed by atoms with Crippen LogP contribution in [0.25, 0.3) is 0 Å². The number of nitrogens with one attached hydrogen (secondary N) is 1. The maximum Gasteiger partial charge on any atom is 0.278 e. The quantitative estimate of drug-likeness (QED) is 0.537. The third kappa shape index (κ3) is 5.30. The normalized spacial score (nSPS) is 13.2. The number of benzene rings is 2. The van der Waals surface area contributed by atoms with Crippen molar-refractivity contribution in [2.45, 2.75) is 25.9 Å². The average molecular weight is 531 g/mol. The van der Waals surface area contributed by atoms with Crippen molar-refractivity contribution >= 4 is 35.9 Å². The number of nitriles is 1. The van der Waals surface area contributed by atoms with Crippen LogP contribution in [0.4, 0.5) is 10.3 Å². The Hall–Kier alpha value is -3.61. The molecule has 3 aromatic rings. The number of hydrogen-bond donors (Lipinski definition) is 1. The van der Waals surface area contributed by atoms with Crippen LogP contribution in [-0.2, 0) is 13.0 Å². The highest BCUT2D eigenvalue weighted by Gasteiger charge is 2.29. The summed E-state index contributed by atoms with van der Waals surface area (Å²) in [7, 11) is 3.46. The van der Waals surface area contributed by atoms with Gasteiger partial charge in [-0.3, -0.25) is 9.59 Å². The summed E-state index contributed by atoms with van der Waals surface area (Å²) in [6.45, 7) is 2.26. The molecule has 188 valence electrons. The highest BCUT2D eigenvalue weighted by atomic mass is 35.5. The minimum atomic E-state index is -0.764. The molecule has 0 saturated heterocycles. The zero-order valence-corrected chi connectivity index (χ0v) is 21.5. The summed E-state index contributed by atoms with van der Waals surface area (Å²) in [5.74, 6) is -0.912. The molecule has 1 aliphatic heterocycles. The molecule has 2 heterocycles. The van der Waals surface area contributed by atoms with E-state index in [4.69, 9.17) is 21.8 Å². The maximum absolute atomic E-state index is 14.4. The first-order valence-corrected chi connectivity index (χ1v) is 11.4. The number of rotatable bonds is 5. The van der Waals surface area contributed by atoms with Crippen LogP contribution in [0.15, 0.2) is 47.3 Å². The van der Waals surface area contributed by atoms with Crippen LogP contribution >= 0.6 is 24.0 Å². The molecule has 0 spiro atoms. The highest BCUT2D eigenvalue weighted by Crippen LogP contribution is 2.23. The monoisotopic (exact) mass is 530 g/mol. The number of hydrogen-bond acceptors (Lipinski definition) is 6. The summed E-state index contributed by atoms with van der Waals surface area (Å²) < 4.78 is 15.8. The van der Waals surface area contributed by atoms with E-state index in [-0.39, 0.29) is 48.2 Å². The molecule has 0 radical (unpaired) electrons. The predicted molar refractivity (Wildman–Crippen MR) is 139 cm³/mol. The van der Waals surface area contributed by atoms with Gasteiger partial charge in [-0.05, 0) is 42.8 Å². The highest BCUT2D eigenvalue weighted by molar-refractivity contribution is 6.30. The van der Waals surface area contributed by atoms with Gasteiger partial charge in [0.2, 0.25) is 5.95 Å². The van der Waals surface area contributed by atoms with Gasteiger partial charge in [-0.15, -0.1) is 12.4 Å². The number of amides is 1. The zero-order chi connectivity index (χ0) is 25.3. The van der Waals surface area contributed by atoms with Crippen LogP contribution in [-0.4, -0.2) is 41.1 Å². The molecule has 1 aromatic heterocycles. The first-order valence-electron chi connectivity index (χ1n) is 11.0. The van der Waals surface area contributed by atoms with Gasteiger partial charge in [0.1, 0.15) is 5.82 Å². The zero-order valence-electron chi connectivity index (χ0n) is 20.0. The van der Waals surface area contributed by atoms with E-state index in [9.17, 15) is 14.0 Å². The molecule has 11 heteroatoms. The molecular weight excluding hydrogens is 506 g/mol. The second kappa shape index (κ2) is 11.0.